The maximum atomic E-state index is 11.6. The van der Waals surface area contributed by atoms with Gasteiger partial charge >= 0.3 is 5.69 Å². The van der Waals surface area contributed by atoms with Crippen LogP contribution in [0.15, 0.2) is 20.3 Å². The molecule has 1 aliphatic heterocycles. The Morgan fingerprint density at radius 2 is 2.29 bits per heavy atom. The minimum Gasteiger partial charge on any atom is -0.395 e. The molecular formula is C9H11BrN2O4S. The molecule has 0 amide bonds. The third kappa shape index (κ3) is 2.49. The zero-order chi connectivity index (χ0) is 12.6. The predicted molar refractivity (Wildman–Crippen MR) is 67.1 cm³/mol. The highest BCUT2D eigenvalue weighted by molar-refractivity contribution is 9.10. The maximum Gasteiger partial charge on any atom is 0.329 e. The number of aliphatic hydroxyl groups excluding tert-OH is 2. The first kappa shape index (κ1) is 12.9. The predicted octanol–water partition coefficient (Wildman–Crippen LogP) is -0.344. The fourth-order valence-corrected chi connectivity index (χ4v) is 3.42. The highest BCUT2D eigenvalue weighted by Crippen LogP contribution is 2.40. The van der Waals surface area contributed by atoms with Crippen LogP contribution >= 0.6 is 27.7 Å². The van der Waals surface area contributed by atoms with Crippen LogP contribution in [0.4, 0.5) is 0 Å². The highest BCUT2D eigenvalue weighted by atomic mass is 79.9. The zero-order valence-electron chi connectivity index (χ0n) is 8.67. The Labute approximate surface area is 109 Å². The summed E-state index contributed by atoms with van der Waals surface area (Å²) in [6.45, 7) is -0.137. The van der Waals surface area contributed by atoms with Crippen LogP contribution in [0.25, 0.3) is 0 Å². The van der Waals surface area contributed by atoms with Crippen molar-refractivity contribution in [2.24, 2.45) is 0 Å². The van der Waals surface area contributed by atoms with E-state index in [4.69, 9.17) is 5.11 Å². The van der Waals surface area contributed by atoms with Gasteiger partial charge in [-0.05, 0) is 15.9 Å². The number of aromatic amines is 1. The molecule has 0 aliphatic carbocycles. The van der Waals surface area contributed by atoms with Gasteiger partial charge in [0.2, 0.25) is 0 Å². The van der Waals surface area contributed by atoms with Gasteiger partial charge < -0.3 is 10.2 Å². The summed E-state index contributed by atoms with van der Waals surface area (Å²) in [6.07, 6.45) is 1.13. The third-order valence-electron chi connectivity index (χ3n) is 2.62. The Morgan fingerprint density at radius 1 is 1.59 bits per heavy atom. The molecular weight excluding hydrogens is 312 g/mol. The van der Waals surface area contributed by atoms with Crippen LogP contribution in [0.2, 0.25) is 0 Å². The lowest BCUT2D eigenvalue weighted by Crippen LogP contribution is -2.31. The second kappa shape index (κ2) is 4.97. The number of nitrogens with one attached hydrogen (secondary N) is 1. The zero-order valence-corrected chi connectivity index (χ0v) is 11.1. The van der Waals surface area contributed by atoms with Crippen molar-refractivity contribution in [3.63, 3.8) is 0 Å². The van der Waals surface area contributed by atoms with E-state index in [-0.39, 0.29) is 21.7 Å². The van der Waals surface area contributed by atoms with Gasteiger partial charge in [-0.25, -0.2) is 4.79 Å². The monoisotopic (exact) mass is 322 g/mol. The van der Waals surface area contributed by atoms with Gasteiger partial charge in [-0.2, -0.15) is 0 Å². The molecule has 2 heterocycles. The minimum absolute atomic E-state index is 0.137. The average molecular weight is 323 g/mol. The third-order valence-corrected chi connectivity index (χ3v) is 4.73. The molecule has 0 bridgehead atoms. The van der Waals surface area contributed by atoms with E-state index in [1.165, 1.54) is 22.5 Å². The number of aliphatic hydroxyl groups is 2. The molecule has 17 heavy (non-hydrogen) atoms. The Hall–Kier alpha value is -0.570. The van der Waals surface area contributed by atoms with E-state index in [9.17, 15) is 14.7 Å². The van der Waals surface area contributed by atoms with Crippen molar-refractivity contribution in [1.29, 1.82) is 0 Å². The van der Waals surface area contributed by atoms with Crippen molar-refractivity contribution in [2.75, 3.05) is 6.61 Å². The number of aromatic nitrogens is 2. The van der Waals surface area contributed by atoms with E-state index in [0.717, 1.165) is 0 Å². The van der Waals surface area contributed by atoms with Crippen molar-refractivity contribution in [3.8, 4) is 0 Å². The Kier molecular flexibility index (Phi) is 3.76. The normalized spacial score (nSPS) is 28.5. The molecule has 0 aromatic carbocycles. The number of halogens is 1. The molecule has 1 aliphatic rings. The van der Waals surface area contributed by atoms with Gasteiger partial charge in [0, 0.05) is 12.6 Å². The van der Waals surface area contributed by atoms with Gasteiger partial charge in [-0.15, -0.1) is 11.8 Å². The Morgan fingerprint density at radius 3 is 2.88 bits per heavy atom. The van der Waals surface area contributed by atoms with Crippen molar-refractivity contribution >= 4 is 27.7 Å². The van der Waals surface area contributed by atoms with E-state index in [2.05, 4.69) is 20.9 Å². The van der Waals surface area contributed by atoms with Crippen LogP contribution < -0.4 is 11.2 Å². The summed E-state index contributed by atoms with van der Waals surface area (Å²) in [7, 11) is 0. The molecule has 1 saturated heterocycles. The first-order chi connectivity index (χ1) is 8.02. The summed E-state index contributed by atoms with van der Waals surface area (Å²) >= 11 is 4.37. The molecule has 94 valence electrons. The summed E-state index contributed by atoms with van der Waals surface area (Å²) in [5.41, 5.74) is -0.991. The molecule has 8 heteroatoms. The lowest BCUT2D eigenvalue weighted by atomic mass is 10.2. The topological polar surface area (TPSA) is 95.3 Å². The standard InChI is InChI=1S/C9H11BrN2O4S/c10-4-2-12(9(16)11-8(4)15)7-1-5(14)6(3-13)17-7/h2,5-7,13-14H,1,3H2,(H,11,15,16)/t5-,6+,7+/m0/s1. The van der Waals surface area contributed by atoms with Gasteiger partial charge in [-0.3, -0.25) is 14.3 Å². The summed E-state index contributed by atoms with van der Waals surface area (Å²) in [5, 5.41) is 18.1. The Bertz CT molecular complexity index is 528. The second-order valence-corrected chi connectivity index (χ2v) is 6.03. The minimum atomic E-state index is -0.646. The van der Waals surface area contributed by atoms with Crippen molar-refractivity contribution < 1.29 is 10.2 Å². The molecule has 3 N–H and O–H groups in total. The fourth-order valence-electron chi connectivity index (χ4n) is 1.72. The summed E-state index contributed by atoms with van der Waals surface area (Å²) in [6, 6.07) is 0. The lowest BCUT2D eigenvalue weighted by Gasteiger charge is -2.12. The number of thioether (sulfide) groups is 1. The van der Waals surface area contributed by atoms with Gasteiger partial charge in [0.1, 0.15) is 0 Å². The highest BCUT2D eigenvalue weighted by Gasteiger charge is 2.34. The molecule has 0 spiro atoms. The first-order valence-corrected chi connectivity index (χ1v) is 6.72. The molecule has 2 rings (SSSR count). The lowest BCUT2D eigenvalue weighted by molar-refractivity contribution is 0.137. The maximum absolute atomic E-state index is 11.6. The smallest absolute Gasteiger partial charge is 0.329 e. The molecule has 0 radical (unpaired) electrons. The molecule has 6 nitrogen and oxygen atoms in total. The number of rotatable bonds is 2. The summed E-state index contributed by atoms with van der Waals surface area (Å²) in [5.74, 6) is 0. The largest absolute Gasteiger partial charge is 0.395 e. The van der Waals surface area contributed by atoms with Gasteiger partial charge in [0.05, 0.1) is 27.8 Å². The average Bonchev–Trinajstić information content (AvgIpc) is 2.65. The van der Waals surface area contributed by atoms with Crippen molar-refractivity contribution in [3.05, 3.63) is 31.5 Å². The molecule has 0 saturated carbocycles. The SMILES string of the molecule is O=c1[nH]c(=O)n([C@H]2C[C@H](O)[C@@H](CO)S2)cc1Br. The molecule has 0 unspecified atom stereocenters. The van der Waals surface area contributed by atoms with E-state index < -0.39 is 17.4 Å². The van der Waals surface area contributed by atoms with Crippen molar-refractivity contribution in [1.82, 2.24) is 9.55 Å². The van der Waals surface area contributed by atoms with E-state index >= 15 is 0 Å². The molecule has 1 aromatic rings. The van der Waals surface area contributed by atoms with Crippen molar-refractivity contribution in [2.45, 2.75) is 23.1 Å². The fraction of sp³-hybridized carbons (Fsp3) is 0.556. The quantitative estimate of drug-likeness (QED) is 0.692. The van der Waals surface area contributed by atoms with Gasteiger partial charge in [-0.1, -0.05) is 0 Å². The number of hydrogen-bond donors (Lipinski definition) is 3. The second-order valence-electron chi connectivity index (χ2n) is 3.76. The van der Waals surface area contributed by atoms with Crippen LogP contribution in [0, 0.1) is 0 Å². The van der Waals surface area contributed by atoms with Gasteiger partial charge in [0.15, 0.2) is 0 Å². The summed E-state index contributed by atoms with van der Waals surface area (Å²) in [4.78, 5) is 25.0. The van der Waals surface area contributed by atoms with Gasteiger partial charge in [0.25, 0.3) is 5.56 Å². The Balaban J connectivity index is 2.34. The van der Waals surface area contributed by atoms with Crippen LogP contribution in [-0.2, 0) is 0 Å². The number of hydrogen-bond acceptors (Lipinski definition) is 5. The number of nitrogens with zero attached hydrogens (tertiary/aromatic N) is 1. The van der Waals surface area contributed by atoms with Crippen LogP contribution in [0.1, 0.15) is 11.8 Å². The first-order valence-electron chi connectivity index (χ1n) is 4.98. The van der Waals surface area contributed by atoms with Crippen LogP contribution in [-0.4, -0.2) is 37.7 Å². The summed E-state index contributed by atoms with van der Waals surface area (Å²) < 4.78 is 1.62. The number of H-pyrrole nitrogens is 1. The van der Waals surface area contributed by atoms with E-state index in [0.29, 0.717) is 6.42 Å². The molecule has 1 fully saturated rings. The van der Waals surface area contributed by atoms with Crippen LogP contribution in [0.3, 0.4) is 0 Å². The molecule has 1 aromatic heterocycles. The molecule has 3 atom stereocenters. The van der Waals surface area contributed by atoms with E-state index in [1.807, 2.05) is 0 Å². The van der Waals surface area contributed by atoms with Crippen LogP contribution in [0.5, 0.6) is 0 Å². The van der Waals surface area contributed by atoms with E-state index in [1.54, 1.807) is 0 Å².